The van der Waals surface area contributed by atoms with E-state index in [1.165, 1.54) is 6.07 Å². The van der Waals surface area contributed by atoms with Gasteiger partial charge < -0.3 is 9.64 Å². The summed E-state index contributed by atoms with van der Waals surface area (Å²) in [5.74, 6) is 0.170. The Morgan fingerprint density at radius 1 is 1.38 bits per heavy atom. The van der Waals surface area contributed by atoms with Gasteiger partial charge in [-0.25, -0.2) is 0 Å². The molecule has 0 bridgehead atoms. The van der Waals surface area contributed by atoms with Crippen molar-refractivity contribution in [1.29, 1.82) is 0 Å². The minimum atomic E-state index is -0.533. The largest absolute Gasteiger partial charge is 0.474 e. The number of nitrogens with zero attached hydrogens (tertiary/aromatic N) is 2. The predicted molar refractivity (Wildman–Crippen MR) is 78.5 cm³/mol. The molecule has 0 atom stereocenters. The Hall–Kier alpha value is -1.65. The smallest absolute Gasteiger partial charge is 0.225 e. The lowest BCUT2D eigenvalue weighted by atomic mass is 9.99. The summed E-state index contributed by atoms with van der Waals surface area (Å²) in [5.41, 5.74) is 0. The molecule has 1 aliphatic rings. The van der Waals surface area contributed by atoms with Crippen LogP contribution in [-0.4, -0.2) is 35.0 Å². The highest BCUT2D eigenvalue weighted by Gasteiger charge is 2.27. The van der Waals surface area contributed by atoms with Crippen LogP contribution in [-0.2, 0) is 4.79 Å². The standard InChI is InChI=1S/C16H23FN2O2/c1-3-12(4-2)16(20)19-10-8-13(9-11-19)21-15-7-5-6-14(17)18-15/h5-7,12-13H,3-4,8-11H2,1-2H3. The zero-order chi connectivity index (χ0) is 15.2. The van der Waals surface area contributed by atoms with Gasteiger partial charge in [-0.1, -0.05) is 19.9 Å². The average Bonchev–Trinajstić information content (AvgIpc) is 2.49. The second kappa shape index (κ2) is 7.38. The van der Waals surface area contributed by atoms with E-state index in [2.05, 4.69) is 18.8 Å². The third-order valence-corrected chi connectivity index (χ3v) is 4.07. The topological polar surface area (TPSA) is 42.4 Å². The fourth-order valence-electron chi connectivity index (χ4n) is 2.72. The minimum absolute atomic E-state index is 0.00468. The molecule has 1 aliphatic heterocycles. The molecule has 0 aliphatic carbocycles. The molecule has 1 saturated heterocycles. The molecule has 0 unspecified atom stereocenters. The van der Waals surface area contributed by atoms with Crippen molar-refractivity contribution < 1.29 is 13.9 Å². The highest BCUT2D eigenvalue weighted by Crippen LogP contribution is 2.20. The van der Waals surface area contributed by atoms with Gasteiger partial charge in [-0.3, -0.25) is 4.79 Å². The van der Waals surface area contributed by atoms with Gasteiger partial charge in [-0.15, -0.1) is 0 Å². The van der Waals surface area contributed by atoms with Crippen LogP contribution in [0.3, 0.4) is 0 Å². The highest BCUT2D eigenvalue weighted by molar-refractivity contribution is 5.78. The van der Waals surface area contributed by atoms with E-state index in [4.69, 9.17) is 4.74 Å². The Bertz CT molecular complexity index is 469. The molecule has 1 aromatic rings. The van der Waals surface area contributed by atoms with Gasteiger partial charge in [0.15, 0.2) is 0 Å². The van der Waals surface area contributed by atoms with Crippen molar-refractivity contribution in [2.75, 3.05) is 13.1 Å². The molecule has 1 amide bonds. The average molecular weight is 294 g/mol. The highest BCUT2D eigenvalue weighted by atomic mass is 19.1. The maximum Gasteiger partial charge on any atom is 0.225 e. The van der Waals surface area contributed by atoms with Gasteiger partial charge >= 0.3 is 0 Å². The molecule has 1 fully saturated rings. The van der Waals surface area contributed by atoms with Crippen molar-refractivity contribution >= 4 is 5.91 Å². The van der Waals surface area contributed by atoms with Gasteiger partial charge in [0.25, 0.3) is 0 Å². The first-order valence-electron chi connectivity index (χ1n) is 7.72. The molecule has 5 heteroatoms. The Morgan fingerprint density at radius 3 is 2.62 bits per heavy atom. The number of carbonyl (C=O) groups excluding carboxylic acids is 1. The number of ether oxygens (including phenoxy) is 1. The van der Waals surface area contributed by atoms with Crippen LogP contribution in [0, 0.1) is 11.9 Å². The van der Waals surface area contributed by atoms with Crippen molar-refractivity contribution in [2.45, 2.75) is 45.6 Å². The van der Waals surface area contributed by atoms with E-state index in [0.717, 1.165) is 25.7 Å². The summed E-state index contributed by atoms with van der Waals surface area (Å²) in [6.45, 7) is 5.51. The van der Waals surface area contributed by atoms with Gasteiger partial charge in [0.05, 0.1) is 0 Å². The molecule has 0 spiro atoms. The number of halogens is 1. The summed E-state index contributed by atoms with van der Waals surface area (Å²) in [6, 6.07) is 4.54. The molecule has 4 nitrogen and oxygen atoms in total. The van der Waals surface area contributed by atoms with Crippen molar-refractivity contribution in [2.24, 2.45) is 5.92 Å². The molecule has 0 aromatic carbocycles. The van der Waals surface area contributed by atoms with Crippen LogP contribution in [0.4, 0.5) is 4.39 Å². The molecular formula is C16H23FN2O2. The predicted octanol–water partition coefficient (Wildman–Crippen LogP) is 3.03. The lowest BCUT2D eigenvalue weighted by Crippen LogP contribution is -2.44. The summed E-state index contributed by atoms with van der Waals surface area (Å²) in [6.07, 6.45) is 3.32. The van der Waals surface area contributed by atoms with Crippen molar-refractivity contribution in [3.05, 3.63) is 24.1 Å². The molecule has 21 heavy (non-hydrogen) atoms. The first-order valence-corrected chi connectivity index (χ1v) is 7.72. The van der Waals surface area contributed by atoms with Crippen molar-refractivity contribution in [1.82, 2.24) is 9.88 Å². The van der Waals surface area contributed by atoms with Crippen LogP contribution < -0.4 is 4.74 Å². The number of likely N-dealkylation sites (tertiary alicyclic amines) is 1. The van der Waals surface area contributed by atoms with E-state index in [1.54, 1.807) is 12.1 Å². The first-order chi connectivity index (χ1) is 10.1. The molecule has 0 saturated carbocycles. The maximum absolute atomic E-state index is 13.0. The number of amides is 1. The lowest BCUT2D eigenvalue weighted by molar-refractivity contribution is -0.137. The quantitative estimate of drug-likeness (QED) is 0.784. The molecule has 116 valence electrons. The van der Waals surface area contributed by atoms with E-state index >= 15 is 0 Å². The van der Waals surface area contributed by atoms with E-state index in [-0.39, 0.29) is 17.9 Å². The Morgan fingerprint density at radius 2 is 2.05 bits per heavy atom. The number of piperidine rings is 1. The second-order valence-electron chi connectivity index (χ2n) is 5.45. The van der Waals surface area contributed by atoms with Crippen LogP contribution >= 0.6 is 0 Å². The van der Waals surface area contributed by atoms with Gasteiger partial charge in [0, 0.05) is 37.9 Å². The number of aromatic nitrogens is 1. The van der Waals surface area contributed by atoms with Gasteiger partial charge in [0.1, 0.15) is 6.10 Å². The fraction of sp³-hybridized carbons (Fsp3) is 0.625. The second-order valence-corrected chi connectivity index (χ2v) is 5.45. The molecular weight excluding hydrogens is 271 g/mol. The van der Waals surface area contributed by atoms with Crippen LogP contribution in [0.1, 0.15) is 39.5 Å². The number of hydrogen-bond acceptors (Lipinski definition) is 3. The molecule has 2 rings (SSSR count). The fourth-order valence-corrected chi connectivity index (χ4v) is 2.72. The number of hydrogen-bond donors (Lipinski definition) is 0. The monoisotopic (exact) mass is 294 g/mol. The van der Waals surface area contributed by atoms with E-state index in [9.17, 15) is 9.18 Å². The maximum atomic E-state index is 13.0. The van der Waals surface area contributed by atoms with E-state index in [1.807, 2.05) is 4.90 Å². The summed E-state index contributed by atoms with van der Waals surface area (Å²) in [5, 5.41) is 0. The zero-order valence-electron chi connectivity index (χ0n) is 12.7. The Balaban J connectivity index is 1.84. The van der Waals surface area contributed by atoms with Crippen LogP contribution in [0.2, 0.25) is 0 Å². The summed E-state index contributed by atoms with van der Waals surface area (Å²) in [4.78, 5) is 17.9. The minimum Gasteiger partial charge on any atom is -0.474 e. The number of carbonyl (C=O) groups is 1. The number of rotatable bonds is 5. The van der Waals surface area contributed by atoms with E-state index in [0.29, 0.717) is 19.0 Å². The Kier molecular flexibility index (Phi) is 5.53. The number of pyridine rings is 1. The third kappa shape index (κ3) is 4.16. The van der Waals surface area contributed by atoms with Crippen LogP contribution in [0.25, 0.3) is 0 Å². The zero-order valence-corrected chi connectivity index (χ0v) is 12.7. The molecule has 0 radical (unpaired) electrons. The van der Waals surface area contributed by atoms with Gasteiger partial charge in [-0.05, 0) is 18.9 Å². The summed E-state index contributed by atoms with van der Waals surface area (Å²) < 4.78 is 18.7. The molecule has 2 heterocycles. The van der Waals surface area contributed by atoms with Crippen molar-refractivity contribution in [3.63, 3.8) is 0 Å². The van der Waals surface area contributed by atoms with Gasteiger partial charge in [-0.2, -0.15) is 9.37 Å². The molecule has 1 aromatic heterocycles. The van der Waals surface area contributed by atoms with E-state index < -0.39 is 5.95 Å². The van der Waals surface area contributed by atoms with Crippen molar-refractivity contribution in [3.8, 4) is 5.88 Å². The molecule has 0 N–H and O–H groups in total. The summed E-state index contributed by atoms with van der Waals surface area (Å²) >= 11 is 0. The SMILES string of the molecule is CCC(CC)C(=O)N1CCC(Oc2cccc(F)n2)CC1. The van der Waals surface area contributed by atoms with Crippen LogP contribution in [0.15, 0.2) is 18.2 Å². The Labute approximate surface area is 125 Å². The normalized spacial score (nSPS) is 16.3. The third-order valence-electron chi connectivity index (χ3n) is 4.07. The van der Waals surface area contributed by atoms with Crippen LogP contribution in [0.5, 0.6) is 5.88 Å². The lowest BCUT2D eigenvalue weighted by Gasteiger charge is -2.33. The first kappa shape index (κ1) is 15.7. The van der Waals surface area contributed by atoms with Gasteiger partial charge in [0.2, 0.25) is 17.7 Å². The summed E-state index contributed by atoms with van der Waals surface area (Å²) in [7, 11) is 0.